The Labute approximate surface area is 149 Å². The number of nitrogens with zero attached hydrogens (tertiary/aromatic N) is 3. The number of nitrogens with one attached hydrogen (secondary N) is 2. The van der Waals surface area contributed by atoms with E-state index in [0.29, 0.717) is 22.2 Å². The van der Waals surface area contributed by atoms with E-state index in [2.05, 4.69) is 28.7 Å². The maximum absolute atomic E-state index is 12.1. The van der Waals surface area contributed by atoms with Crippen molar-refractivity contribution in [1.29, 1.82) is 5.26 Å². The standard InChI is InChI=1S/C16H17N5OS2/c1-9-3-4-10-11(8-17)15(24-13(10)7-9)19-16(23)18-14(22)12-5-6-21(2)20-12/h5-6,9H,3-4,7H2,1-2H3,(H2,18,19,22,23). The van der Waals surface area contributed by atoms with Crippen LogP contribution in [0.25, 0.3) is 0 Å². The topological polar surface area (TPSA) is 82.7 Å². The number of hydrogen-bond acceptors (Lipinski definition) is 5. The number of amides is 1. The Bertz CT molecular complexity index is 845. The number of carbonyl (C=O) groups is 1. The molecule has 0 saturated heterocycles. The Morgan fingerprint density at radius 2 is 2.38 bits per heavy atom. The van der Waals surface area contributed by atoms with Gasteiger partial charge in [-0.25, -0.2) is 0 Å². The average molecular weight is 359 g/mol. The molecule has 2 N–H and O–H groups in total. The van der Waals surface area contributed by atoms with Gasteiger partial charge in [0.15, 0.2) is 10.8 Å². The van der Waals surface area contributed by atoms with Crippen molar-refractivity contribution >= 4 is 39.6 Å². The number of aromatic nitrogens is 2. The highest BCUT2D eigenvalue weighted by molar-refractivity contribution is 7.80. The summed E-state index contributed by atoms with van der Waals surface area (Å²) in [6.45, 7) is 2.22. The Balaban J connectivity index is 1.73. The van der Waals surface area contributed by atoms with Crippen LogP contribution in [0.1, 0.15) is 39.8 Å². The smallest absolute Gasteiger partial charge is 0.277 e. The Morgan fingerprint density at radius 1 is 1.58 bits per heavy atom. The van der Waals surface area contributed by atoms with Gasteiger partial charge in [-0.1, -0.05) is 6.92 Å². The number of anilines is 1. The molecular weight excluding hydrogens is 342 g/mol. The summed E-state index contributed by atoms with van der Waals surface area (Å²) in [5.41, 5.74) is 2.07. The number of thiophene rings is 1. The Hall–Kier alpha value is -2.24. The van der Waals surface area contributed by atoms with E-state index in [1.54, 1.807) is 35.3 Å². The predicted octanol–water partition coefficient (Wildman–Crippen LogP) is 2.60. The maximum Gasteiger partial charge on any atom is 0.277 e. The van der Waals surface area contributed by atoms with E-state index in [0.717, 1.165) is 24.8 Å². The highest BCUT2D eigenvalue weighted by Gasteiger charge is 2.24. The molecule has 0 radical (unpaired) electrons. The van der Waals surface area contributed by atoms with Gasteiger partial charge in [-0.05, 0) is 49.0 Å². The molecule has 6 nitrogen and oxygen atoms in total. The second kappa shape index (κ2) is 6.71. The van der Waals surface area contributed by atoms with E-state index >= 15 is 0 Å². The van der Waals surface area contributed by atoms with Gasteiger partial charge >= 0.3 is 0 Å². The van der Waals surface area contributed by atoms with Gasteiger partial charge < -0.3 is 5.32 Å². The van der Waals surface area contributed by atoms with Crippen molar-refractivity contribution in [3.8, 4) is 6.07 Å². The summed E-state index contributed by atoms with van der Waals surface area (Å²) in [7, 11) is 1.74. The third-order valence-electron chi connectivity index (χ3n) is 4.02. The summed E-state index contributed by atoms with van der Waals surface area (Å²) < 4.78 is 1.55. The van der Waals surface area contributed by atoms with E-state index in [-0.39, 0.29) is 11.0 Å². The molecule has 3 rings (SSSR count). The fourth-order valence-electron chi connectivity index (χ4n) is 2.79. The Morgan fingerprint density at radius 3 is 3.04 bits per heavy atom. The molecule has 0 spiro atoms. The minimum Gasteiger partial charge on any atom is -0.323 e. The van der Waals surface area contributed by atoms with Gasteiger partial charge in [0.25, 0.3) is 5.91 Å². The van der Waals surface area contributed by atoms with E-state index in [1.807, 2.05) is 0 Å². The molecule has 0 aliphatic heterocycles. The molecule has 1 aliphatic rings. The zero-order chi connectivity index (χ0) is 17.3. The average Bonchev–Trinajstić information content (AvgIpc) is 3.09. The van der Waals surface area contributed by atoms with Crippen molar-refractivity contribution in [2.45, 2.75) is 26.2 Å². The second-order valence-electron chi connectivity index (χ2n) is 5.95. The highest BCUT2D eigenvalue weighted by atomic mass is 32.1. The van der Waals surface area contributed by atoms with Crippen LogP contribution in [-0.2, 0) is 19.9 Å². The minimum atomic E-state index is -0.374. The van der Waals surface area contributed by atoms with Crippen LogP contribution in [-0.4, -0.2) is 20.8 Å². The molecule has 1 amide bonds. The molecule has 2 heterocycles. The van der Waals surface area contributed by atoms with Crippen molar-refractivity contribution in [3.05, 3.63) is 34.0 Å². The van der Waals surface area contributed by atoms with Crippen LogP contribution in [0.15, 0.2) is 12.3 Å². The molecule has 8 heteroatoms. The molecule has 1 atom stereocenters. The maximum atomic E-state index is 12.1. The van der Waals surface area contributed by atoms with Gasteiger partial charge in [0, 0.05) is 18.1 Å². The van der Waals surface area contributed by atoms with Crippen LogP contribution in [0.5, 0.6) is 0 Å². The van der Waals surface area contributed by atoms with Crippen molar-refractivity contribution in [2.24, 2.45) is 13.0 Å². The number of aryl methyl sites for hydroxylation is 1. The van der Waals surface area contributed by atoms with Gasteiger partial charge in [-0.3, -0.25) is 14.8 Å². The van der Waals surface area contributed by atoms with Crippen LogP contribution in [0.2, 0.25) is 0 Å². The van der Waals surface area contributed by atoms with Gasteiger partial charge in [0.05, 0.1) is 5.56 Å². The largest absolute Gasteiger partial charge is 0.323 e. The van der Waals surface area contributed by atoms with Crippen LogP contribution < -0.4 is 10.6 Å². The van der Waals surface area contributed by atoms with Gasteiger partial charge in [-0.2, -0.15) is 10.4 Å². The molecule has 0 bridgehead atoms. The van der Waals surface area contributed by atoms with E-state index < -0.39 is 0 Å². The molecule has 0 fully saturated rings. The molecule has 1 aliphatic carbocycles. The molecule has 0 saturated carbocycles. The van der Waals surface area contributed by atoms with E-state index in [9.17, 15) is 10.1 Å². The fraction of sp³-hybridized carbons (Fsp3) is 0.375. The molecule has 0 aromatic carbocycles. The second-order valence-corrected chi connectivity index (χ2v) is 7.46. The minimum absolute atomic E-state index is 0.175. The normalized spacial score (nSPS) is 16.1. The molecular formula is C16H17N5OS2. The van der Waals surface area contributed by atoms with Gasteiger partial charge in [0.1, 0.15) is 11.1 Å². The SMILES string of the molecule is CC1CCc2c(sc(NC(=S)NC(=O)c3ccn(C)n3)c2C#N)C1. The first-order chi connectivity index (χ1) is 11.5. The summed E-state index contributed by atoms with van der Waals surface area (Å²) in [5.74, 6) is 0.257. The number of fused-ring (bicyclic) bond motifs is 1. The molecule has 2 aromatic heterocycles. The van der Waals surface area contributed by atoms with Crippen LogP contribution in [0, 0.1) is 17.2 Å². The monoisotopic (exact) mass is 359 g/mol. The molecule has 124 valence electrons. The predicted molar refractivity (Wildman–Crippen MR) is 97.1 cm³/mol. The molecule has 24 heavy (non-hydrogen) atoms. The van der Waals surface area contributed by atoms with Crippen LogP contribution in [0.3, 0.4) is 0 Å². The van der Waals surface area contributed by atoms with Crippen molar-refractivity contribution < 1.29 is 4.79 Å². The number of nitriles is 1. The summed E-state index contributed by atoms with van der Waals surface area (Å²) in [6.07, 6.45) is 4.69. The van der Waals surface area contributed by atoms with Crippen molar-refractivity contribution in [3.63, 3.8) is 0 Å². The lowest BCUT2D eigenvalue weighted by Gasteiger charge is -2.17. The third kappa shape index (κ3) is 3.32. The quantitative estimate of drug-likeness (QED) is 0.806. The third-order valence-corrected chi connectivity index (χ3v) is 5.40. The number of rotatable bonds is 2. The molecule has 1 unspecified atom stereocenters. The summed E-state index contributed by atoms with van der Waals surface area (Å²) in [6, 6.07) is 3.89. The first-order valence-corrected chi connectivity index (χ1v) is 8.87. The lowest BCUT2D eigenvalue weighted by atomic mass is 9.89. The Kier molecular flexibility index (Phi) is 4.64. The summed E-state index contributed by atoms with van der Waals surface area (Å²) >= 11 is 6.76. The number of thiocarbonyl (C=S) groups is 1. The van der Waals surface area contributed by atoms with Crippen molar-refractivity contribution in [1.82, 2.24) is 15.1 Å². The van der Waals surface area contributed by atoms with Gasteiger partial charge in [0.2, 0.25) is 0 Å². The summed E-state index contributed by atoms with van der Waals surface area (Å²) in [5, 5.41) is 20.0. The number of carbonyl (C=O) groups excluding carboxylic acids is 1. The summed E-state index contributed by atoms with van der Waals surface area (Å²) in [4.78, 5) is 13.3. The zero-order valence-corrected chi connectivity index (χ0v) is 15.1. The van der Waals surface area contributed by atoms with Crippen LogP contribution in [0.4, 0.5) is 5.00 Å². The highest BCUT2D eigenvalue weighted by Crippen LogP contribution is 2.39. The first-order valence-electron chi connectivity index (χ1n) is 7.64. The lowest BCUT2D eigenvalue weighted by Crippen LogP contribution is -2.34. The fourth-order valence-corrected chi connectivity index (χ4v) is 4.42. The van der Waals surface area contributed by atoms with Crippen LogP contribution >= 0.6 is 23.6 Å². The first kappa shape index (κ1) is 16.6. The number of hydrogen-bond donors (Lipinski definition) is 2. The van der Waals surface area contributed by atoms with E-state index in [1.165, 1.54) is 4.88 Å². The van der Waals surface area contributed by atoms with Crippen molar-refractivity contribution in [2.75, 3.05) is 5.32 Å². The zero-order valence-electron chi connectivity index (χ0n) is 13.4. The molecule has 2 aromatic rings. The lowest BCUT2D eigenvalue weighted by molar-refractivity contribution is 0.0972. The van der Waals surface area contributed by atoms with E-state index in [4.69, 9.17) is 12.2 Å². The van der Waals surface area contributed by atoms with Gasteiger partial charge in [-0.15, -0.1) is 11.3 Å².